The number of aromatic nitrogens is 4. The first-order valence-corrected chi connectivity index (χ1v) is 7.93. The van der Waals surface area contributed by atoms with Gasteiger partial charge in [0, 0.05) is 24.6 Å². The number of hydrogen-bond donors (Lipinski definition) is 1. The molecule has 3 rings (SSSR count). The zero-order valence-corrected chi connectivity index (χ0v) is 14.1. The first-order chi connectivity index (χ1) is 11.6. The van der Waals surface area contributed by atoms with Gasteiger partial charge in [0.1, 0.15) is 6.04 Å². The van der Waals surface area contributed by atoms with Crippen LogP contribution < -0.4 is 5.32 Å². The predicted molar refractivity (Wildman–Crippen MR) is 91.8 cm³/mol. The van der Waals surface area contributed by atoms with Gasteiger partial charge in [-0.15, -0.1) is 0 Å². The molecule has 0 spiro atoms. The zero-order chi connectivity index (χ0) is 17.1. The number of hydrogen-bond acceptors (Lipinski definition) is 3. The van der Waals surface area contributed by atoms with Gasteiger partial charge in [0.25, 0.3) is 0 Å². The van der Waals surface area contributed by atoms with Crippen molar-refractivity contribution in [3.63, 3.8) is 0 Å². The van der Waals surface area contributed by atoms with Crippen molar-refractivity contribution in [2.24, 2.45) is 0 Å². The Morgan fingerprint density at radius 3 is 2.75 bits per heavy atom. The molecule has 0 radical (unpaired) electrons. The number of benzene rings is 1. The van der Waals surface area contributed by atoms with E-state index in [0.29, 0.717) is 6.54 Å². The molecular weight excluding hydrogens is 302 g/mol. The van der Waals surface area contributed by atoms with Crippen LogP contribution in [0.2, 0.25) is 0 Å². The highest BCUT2D eigenvalue weighted by molar-refractivity contribution is 5.80. The van der Waals surface area contributed by atoms with Gasteiger partial charge in [-0.3, -0.25) is 9.48 Å². The molecule has 2 heterocycles. The summed E-state index contributed by atoms with van der Waals surface area (Å²) in [5.41, 5.74) is 3.94. The van der Waals surface area contributed by atoms with E-state index in [1.54, 1.807) is 17.2 Å². The molecule has 1 aromatic carbocycles. The monoisotopic (exact) mass is 323 g/mol. The zero-order valence-electron chi connectivity index (χ0n) is 14.1. The highest BCUT2D eigenvalue weighted by atomic mass is 16.2. The fraction of sp³-hybridized carbons (Fsp3) is 0.278. The van der Waals surface area contributed by atoms with Crippen molar-refractivity contribution in [1.82, 2.24) is 24.6 Å². The van der Waals surface area contributed by atoms with Crippen LogP contribution in [-0.4, -0.2) is 25.2 Å². The van der Waals surface area contributed by atoms with Crippen LogP contribution in [0.1, 0.15) is 29.9 Å². The molecule has 0 unspecified atom stereocenters. The highest BCUT2D eigenvalue weighted by Crippen LogP contribution is 2.15. The first kappa shape index (κ1) is 16.0. The Morgan fingerprint density at radius 2 is 2.08 bits per heavy atom. The molecule has 1 atom stereocenters. The van der Waals surface area contributed by atoms with E-state index in [-0.39, 0.29) is 11.9 Å². The van der Waals surface area contributed by atoms with Crippen LogP contribution in [-0.2, 0) is 11.3 Å². The Balaban J connectivity index is 1.72. The molecule has 3 aromatic rings. The molecule has 0 aliphatic rings. The smallest absolute Gasteiger partial charge is 0.244 e. The average Bonchev–Trinajstić information content (AvgIpc) is 3.21. The minimum absolute atomic E-state index is 0.0540. The van der Waals surface area contributed by atoms with Gasteiger partial charge in [0.2, 0.25) is 5.91 Å². The number of carbonyl (C=O) groups is 1. The minimum Gasteiger partial charge on any atom is -0.350 e. The Labute approximate surface area is 141 Å². The summed E-state index contributed by atoms with van der Waals surface area (Å²) in [6, 6.07) is 9.57. The standard InChI is InChI=1S/C18H21N5O/c1-13-10-14(2)23(21-13)15(3)18(24)20-11-16-6-4-5-7-17(16)22-9-8-19-12-22/h4-10,12,15H,11H2,1-3H3,(H,20,24)/t15-/m0/s1. The van der Waals surface area contributed by atoms with Gasteiger partial charge in [-0.25, -0.2) is 4.98 Å². The maximum atomic E-state index is 12.5. The van der Waals surface area contributed by atoms with Gasteiger partial charge in [0.05, 0.1) is 17.7 Å². The van der Waals surface area contributed by atoms with Crippen molar-refractivity contribution in [3.8, 4) is 5.69 Å². The Bertz CT molecular complexity index is 835. The maximum Gasteiger partial charge on any atom is 0.244 e. The molecule has 0 saturated carbocycles. The molecule has 0 saturated heterocycles. The number of amides is 1. The quantitative estimate of drug-likeness (QED) is 0.785. The fourth-order valence-electron chi connectivity index (χ4n) is 2.79. The van der Waals surface area contributed by atoms with Crippen molar-refractivity contribution in [2.45, 2.75) is 33.4 Å². The van der Waals surface area contributed by atoms with Crippen molar-refractivity contribution in [1.29, 1.82) is 0 Å². The van der Waals surface area contributed by atoms with E-state index in [0.717, 1.165) is 22.6 Å². The molecule has 1 N–H and O–H groups in total. The summed E-state index contributed by atoms with van der Waals surface area (Å²) in [5.74, 6) is -0.0540. The van der Waals surface area contributed by atoms with Gasteiger partial charge < -0.3 is 9.88 Å². The summed E-state index contributed by atoms with van der Waals surface area (Å²) >= 11 is 0. The molecule has 6 nitrogen and oxygen atoms in total. The van der Waals surface area contributed by atoms with Gasteiger partial charge in [-0.2, -0.15) is 5.10 Å². The van der Waals surface area contributed by atoms with E-state index in [2.05, 4.69) is 15.4 Å². The van der Waals surface area contributed by atoms with Crippen LogP contribution >= 0.6 is 0 Å². The molecule has 24 heavy (non-hydrogen) atoms. The summed E-state index contributed by atoms with van der Waals surface area (Å²) in [6.07, 6.45) is 5.37. The fourth-order valence-corrected chi connectivity index (χ4v) is 2.79. The lowest BCUT2D eigenvalue weighted by Gasteiger charge is -2.16. The van der Waals surface area contributed by atoms with E-state index in [1.165, 1.54) is 0 Å². The van der Waals surface area contributed by atoms with E-state index < -0.39 is 0 Å². The van der Waals surface area contributed by atoms with Gasteiger partial charge in [-0.05, 0) is 38.5 Å². The second kappa shape index (κ2) is 6.70. The number of rotatable bonds is 5. The second-order valence-corrected chi connectivity index (χ2v) is 5.86. The van der Waals surface area contributed by atoms with E-state index in [1.807, 2.05) is 61.9 Å². The van der Waals surface area contributed by atoms with Crippen molar-refractivity contribution >= 4 is 5.91 Å². The summed E-state index contributed by atoms with van der Waals surface area (Å²) in [5, 5.41) is 7.39. The maximum absolute atomic E-state index is 12.5. The number of aryl methyl sites for hydroxylation is 2. The summed E-state index contributed by atoms with van der Waals surface area (Å²) in [7, 11) is 0. The van der Waals surface area contributed by atoms with E-state index >= 15 is 0 Å². The van der Waals surface area contributed by atoms with Crippen LogP contribution in [0, 0.1) is 13.8 Å². The van der Waals surface area contributed by atoms with Gasteiger partial charge in [-0.1, -0.05) is 18.2 Å². The van der Waals surface area contributed by atoms with Crippen molar-refractivity contribution < 1.29 is 4.79 Å². The van der Waals surface area contributed by atoms with Crippen LogP contribution in [0.3, 0.4) is 0 Å². The van der Waals surface area contributed by atoms with Gasteiger partial charge >= 0.3 is 0 Å². The normalized spacial score (nSPS) is 12.1. The Kier molecular flexibility index (Phi) is 4.46. The number of carbonyl (C=O) groups excluding carboxylic acids is 1. The molecule has 124 valence electrons. The molecule has 6 heteroatoms. The van der Waals surface area contributed by atoms with Crippen molar-refractivity contribution in [2.75, 3.05) is 0 Å². The molecule has 0 aliphatic carbocycles. The lowest BCUT2D eigenvalue weighted by Crippen LogP contribution is -2.31. The Hall–Kier alpha value is -2.89. The molecule has 0 aliphatic heterocycles. The largest absolute Gasteiger partial charge is 0.350 e. The number of imidazole rings is 1. The Morgan fingerprint density at radius 1 is 1.29 bits per heavy atom. The van der Waals surface area contributed by atoms with Crippen LogP contribution in [0.4, 0.5) is 0 Å². The summed E-state index contributed by atoms with van der Waals surface area (Å²) < 4.78 is 3.69. The molecule has 1 amide bonds. The first-order valence-electron chi connectivity index (χ1n) is 7.93. The molecule has 0 fully saturated rings. The van der Waals surface area contributed by atoms with Crippen LogP contribution in [0.5, 0.6) is 0 Å². The van der Waals surface area contributed by atoms with E-state index in [4.69, 9.17) is 0 Å². The third-order valence-electron chi connectivity index (χ3n) is 4.02. The van der Waals surface area contributed by atoms with Crippen molar-refractivity contribution in [3.05, 3.63) is 66.0 Å². The van der Waals surface area contributed by atoms with Crippen LogP contribution in [0.15, 0.2) is 49.1 Å². The minimum atomic E-state index is -0.348. The topological polar surface area (TPSA) is 64.7 Å². The SMILES string of the molecule is Cc1cc(C)n([C@@H](C)C(=O)NCc2ccccc2-n2ccnc2)n1. The number of para-hydroxylation sites is 1. The molecule has 2 aromatic heterocycles. The third-order valence-corrected chi connectivity index (χ3v) is 4.02. The summed E-state index contributed by atoms with van der Waals surface area (Å²) in [4.78, 5) is 16.6. The third kappa shape index (κ3) is 3.22. The van der Waals surface area contributed by atoms with Gasteiger partial charge in [0.15, 0.2) is 0 Å². The number of nitrogens with one attached hydrogen (secondary N) is 1. The average molecular weight is 323 g/mol. The lowest BCUT2D eigenvalue weighted by atomic mass is 10.1. The van der Waals surface area contributed by atoms with Crippen LogP contribution in [0.25, 0.3) is 5.69 Å². The number of nitrogens with zero attached hydrogens (tertiary/aromatic N) is 4. The molecular formula is C18H21N5O. The second-order valence-electron chi connectivity index (χ2n) is 5.86. The highest BCUT2D eigenvalue weighted by Gasteiger charge is 2.18. The predicted octanol–water partition coefficient (Wildman–Crippen LogP) is 2.56. The van der Waals surface area contributed by atoms with E-state index in [9.17, 15) is 4.79 Å². The lowest BCUT2D eigenvalue weighted by molar-refractivity contribution is -0.124. The molecule has 0 bridgehead atoms. The summed E-state index contributed by atoms with van der Waals surface area (Å²) in [6.45, 7) is 6.20.